The van der Waals surface area contributed by atoms with Crippen LogP contribution in [0, 0.1) is 5.41 Å². The number of rotatable bonds is 4. The normalized spacial score (nSPS) is 17.7. The highest BCUT2D eigenvalue weighted by molar-refractivity contribution is 5.98. The summed E-state index contributed by atoms with van der Waals surface area (Å²) in [6, 6.07) is 6.86. The first-order valence-corrected chi connectivity index (χ1v) is 7.44. The molecule has 1 aromatic rings. The van der Waals surface area contributed by atoms with Gasteiger partial charge in [-0.15, -0.1) is 0 Å². The van der Waals surface area contributed by atoms with Crippen LogP contribution in [0.25, 0.3) is 0 Å². The molecule has 1 aliphatic carbocycles. The van der Waals surface area contributed by atoms with Crippen LogP contribution in [0.2, 0.25) is 0 Å². The first kappa shape index (κ1) is 14.9. The maximum absolute atomic E-state index is 13.0. The number of nitrogens with zero attached hydrogens (tertiary/aromatic N) is 1. The molecule has 1 saturated carbocycles. The van der Waals surface area contributed by atoms with Crippen LogP contribution < -0.4 is 10.6 Å². The van der Waals surface area contributed by atoms with Crippen molar-refractivity contribution in [2.24, 2.45) is 11.1 Å². The number of hydrogen-bond acceptors (Lipinski definition) is 3. The van der Waals surface area contributed by atoms with Crippen molar-refractivity contribution in [3.8, 4) is 5.75 Å². The molecule has 4 heteroatoms. The minimum atomic E-state index is -0.417. The third kappa shape index (κ3) is 2.80. The van der Waals surface area contributed by atoms with Gasteiger partial charge in [0, 0.05) is 24.8 Å². The zero-order chi connectivity index (χ0) is 14.6. The van der Waals surface area contributed by atoms with E-state index in [1.807, 2.05) is 13.0 Å². The second kappa shape index (κ2) is 6.27. The third-order valence-corrected chi connectivity index (χ3v) is 4.36. The average Bonchev–Trinajstić information content (AvgIpc) is 2.48. The van der Waals surface area contributed by atoms with Crippen molar-refractivity contribution in [2.75, 3.05) is 18.0 Å². The fourth-order valence-corrected chi connectivity index (χ4v) is 3.12. The molecule has 1 fully saturated rings. The molecule has 0 saturated heterocycles. The Morgan fingerprint density at radius 1 is 1.35 bits per heavy atom. The van der Waals surface area contributed by atoms with Gasteiger partial charge in [-0.05, 0) is 31.9 Å². The van der Waals surface area contributed by atoms with Gasteiger partial charge in [0.2, 0.25) is 5.91 Å². The van der Waals surface area contributed by atoms with E-state index in [4.69, 9.17) is 5.73 Å². The van der Waals surface area contributed by atoms with Crippen molar-refractivity contribution >= 4 is 11.6 Å². The molecule has 1 aromatic carbocycles. The highest BCUT2D eigenvalue weighted by Gasteiger charge is 2.40. The van der Waals surface area contributed by atoms with Crippen LogP contribution in [0.3, 0.4) is 0 Å². The van der Waals surface area contributed by atoms with E-state index in [1.54, 1.807) is 23.1 Å². The maximum atomic E-state index is 13.0. The third-order valence-electron chi connectivity index (χ3n) is 4.36. The lowest BCUT2D eigenvalue weighted by Crippen LogP contribution is -2.49. The Labute approximate surface area is 120 Å². The minimum Gasteiger partial charge on any atom is -0.508 e. The van der Waals surface area contributed by atoms with Gasteiger partial charge in [-0.25, -0.2) is 0 Å². The van der Waals surface area contributed by atoms with E-state index in [2.05, 4.69) is 0 Å². The first-order chi connectivity index (χ1) is 9.63. The summed E-state index contributed by atoms with van der Waals surface area (Å²) < 4.78 is 0. The van der Waals surface area contributed by atoms with Crippen LogP contribution >= 0.6 is 0 Å². The molecular weight excluding hydrogens is 252 g/mol. The molecule has 1 amide bonds. The van der Waals surface area contributed by atoms with Crippen LogP contribution in [-0.2, 0) is 4.79 Å². The summed E-state index contributed by atoms with van der Waals surface area (Å²) in [5.74, 6) is 0.284. The topological polar surface area (TPSA) is 66.6 Å². The smallest absolute Gasteiger partial charge is 0.234 e. The number of anilines is 1. The van der Waals surface area contributed by atoms with Gasteiger partial charge in [0.15, 0.2) is 0 Å². The standard InChI is InChI=1S/C16H24N2O2/c1-2-18(13-7-6-8-14(19)11-13)15(20)16(12-17)9-4-3-5-10-16/h6-8,11,19H,2-5,9-10,12,17H2,1H3. The number of hydrogen-bond donors (Lipinski definition) is 2. The van der Waals surface area contributed by atoms with Gasteiger partial charge in [0.25, 0.3) is 0 Å². The van der Waals surface area contributed by atoms with Crippen LogP contribution in [-0.4, -0.2) is 24.1 Å². The number of amides is 1. The summed E-state index contributed by atoms with van der Waals surface area (Å²) in [6.07, 6.45) is 5.07. The Balaban J connectivity index is 2.28. The fraction of sp³-hybridized carbons (Fsp3) is 0.562. The molecule has 0 bridgehead atoms. The monoisotopic (exact) mass is 276 g/mol. The number of phenolic OH excluding ortho intramolecular Hbond substituents is 1. The number of aromatic hydroxyl groups is 1. The molecule has 0 atom stereocenters. The van der Waals surface area contributed by atoms with Gasteiger partial charge in [0.05, 0.1) is 5.41 Å². The lowest BCUT2D eigenvalue weighted by Gasteiger charge is -2.38. The summed E-state index contributed by atoms with van der Waals surface area (Å²) in [5.41, 5.74) is 6.27. The molecular formula is C16H24N2O2. The SMILES string of the molecule is CCN(C(=O)C1(CN)CCCCC1)c1cccc(O)c1. The van der Waals surface area contributed by atoms with Crippen molar-refractivity contribution in [1.82, 2.24) is 0 Å². The zero-order valence-electron chi connectivity index (χ0n) is 12.1. The molecule has 0 aromatic heterocycles. The fourth-order valence-electron chi connectivity index (χ4n) is 3.12. The van der Waals surface area contributed by atoms with E-state index in [-0.39, 0.29) is 11.7 Å². The molecule has 0 aliphatic heterocycles. The molecule has 3 N–H and O–H groups in total. The van der Waals surface area contributed by atoms with Gasteiger partial charge in [-0.1, -0.05) is 25.3 Å². The Morgan fingerprint density at radius 2 is 2.05 bits per heavy atom. The zero-order valence-corrected chi connectivity index (χ0v) is 12.1. The second-order valence-electron chi connectivity index (χ2n) is 5.61. The summed E-state index contributed by atoms with van der Waals surface area (Å²) in [4.78, 5) is 14.7. The van der Waals surface area contributed by atoms with E-state index in [1.165, 1.54) is 6.42 Å². The Hall–Kier alpha value is -1.55. The molecule has 20 heavy (non-hydrogen) atoms. The predicted molar refractivity (Wildman–Crippen MR) is 80.7 cm³/mol. The van der Waals surface area contributed by atoms with Crippen molar-refractivity contribution in [3.05, 3.63) is 24.3 Å². The summed E-state index contributed by atoms with van der Waals surface area (Å²) in [7, 11) is 0. The number of phenols is 1. The number of carbonyl (C=O) groups is 1. The average molecular weight is 276 g/mol. The van der Waals surface area contributed by atoms with Crippen LogP contribution in [0.4, 0.5) is 5.69 Å². The van der Waals surface area contributed by atoms with E-state index in [9.17, 15) is 9.90 Å². The van der Waals surface area contributed by atoms with Crippen molar-refractivity contribution in [1.29, 1.82) is 0 Å². The molecule has 2 rings (SSSR count). The molecule has 0 heterocycles. The summed E-state index contributed by atoms with van der Waals surface area (Å²) >= 11 is 0. The highest BCUT2D eigenvalue weighted by Crippen LogP contribution is 2.38. The molecule has 1 aliphatic rings. The lowest BCUT2D eigenvalue weighted by atomic mass is 9.73. The Morgan fingerprint density at radius 3 is 2.60 bits per heavy atom. The lowest BCUT2D eigenvalue weighted by molar-refractivity contribution is -0.129. The Bertz CT molecular complexity index is 467. The van der Waals surface area contributed by atoms with Crippen molar-refractivity contribution < 1.29 is 9.90 Å². The van der Waals surface area contributed by atoms with Crippen LogP contribution in [0.15, 0.2) is 24.3 Å². The molecule has 110 valence electrons. The molecule has 4 nitrogen and oxygen atoms in total. The van der Waals surface area contributed by atoms with Crippen molar-refractivity contribution in [3.63, 3.8) is 0 Å². The van der Waals surface area contributed by atoms with Crippen LogP contribution in [0.5, 0.6) is 5.75 Å². The second-order valence-corrected chi connectivity index (χ2v) is 5.61. The minimum absolute atomic E-state index is 0.104. The number of benzene rings is 1. The van der Waals surface area contributed by atoms with E-state index >= 15 is 0 Å². The number of carbonyl (C=O) groups excluding carboxylic acids is 1. The molecule has 0 spiro atoms. The van der Waals surface area contributed by atoms with Gasteiger partial charge in [-0.3, -0.25) is 4.79 Å². The first-order valence-electron chi connectivity index (χ1n) is 7.44. The molecule has 0 radical (unpaired) electrons. The summed E-state index contributed by atoms with van der Waals surface area (Å²) in [5, 5.41) is 9.61. The maximum Gasteiger partial charge on any atom is 0.234 e. The van der Waals surface area contributed by atoms with E-state index < -0.39 is 5.41 Å². The van der Waals surface area contributed by atoms with Crippen molar-refractivity contribution in [2.45, 2.75) is 39.0 Å². The summed E-state index contributed by atoms with van der Waals surface area (Å²) in [6.45, 7) is 2.94. The van der Waals surface area contributed by atoms with Gasteiger partial charge in [-0.2, -0.15) is 0 Å². The van der Waals surface area contributed by atoms with Gasteiger partial charge < -0.3 is 15.7 Å². The highest BCUT2D eigenvalue weighted by atomic mass is 16.3. The van der Waals surface area contributed by atoms with E-state index in [0.717, 1.165) is 31.4 Å². The van der Waals surface area contributed by atoms with Gasteiger partial charge in [0.1, 0.15) is 5.75 Å². The quantitative estimate of drug-likeness (QED) is 0.888. The largest absolute Gasteiger partial charge is 0.508 e. The molecule has 0 unspecified atom stereocenters. The number of nitrogens with two attached hydrogens (primary N) is 1. The van der Waals surface area contributed by atoms with Crippen LogP contribution in [0.1, 0.15) is 39.0 Å². The van der Waals surface area contributed by atoms with E-state index in [0.29, 0.717) is 13.1 Å². The van der Waals surface area contributed by atoms with Gasteiger partial charge >= 0.3 is 0 Å². The predicted octanol–water partition coefficient (Wildman–Crippen LogP) is 2.65. The Kier molecular flexibility index (Phi) is 4.65.